The first-order valence-corrected chi connectivity index (χ1v) is 7.15. The highest BCUT2D eigenvalue weighted by Crippen LogP contribution is 2.34. The van der Waals surface area contributed by atoms with E-state index in [0.29, 0.717) is 10.8 Å². The molecule has 0 aliphatic rings. The van der Waals surface area contributed by atoms with Gasteiger partial charge in [0.25, 0.3) is 0 Å². The van der Waals surface area contributed by atoms with E-state index in [-0.39, 0.29) is 5.54 Å². The van der Waals surface area contributed by atoms with E-state index in [1.165, 1.54) is 0 Å². The standard InChI is InChI=1S/C16H17ClN4/c1-16(2,3)21-12-8-9-19-15(18)13(12)14(20-21)10-4-6-11(17)7-5-10/h4-9H,1-3H3,(H2,18,19). The van der Waals surface area contributed by atoms with Crippen LogP contribution < -0.4 is 5.73 Å². The average molecular weight is 301 g/mol. The van der Waals surface area contributed by atoms with Gasteiger partial charge < -0.3 is 5.73 Å². The van der Waals surface area contributed by atoms with E-state index >= 15 is 0 Å². The SMILES string of the molecule is CC(C)(C)n1nc(-c2ccc(Cl)cc2)c2c(N)nccc21. The maximum Gasteiger partial charge on any atom is 0.135 e. The van der Waals surface area contributed by atoms with Crippen LogP contribution in [-0.2, 0) is 5.54 Å². The van der Waals surface area contributed by atoms with Crippen molar-refractivity contribution in [3.05, 3.63) is 41.6 Å². The third-order valence-corrected chi connectivity index (χ3v) is 3.63. The Labute approximate surface area is 128 Å². The summed E-state index contributed by atoms with van der Waals surface area (Å²) in [6, 6.07) is 9.55. The second kappa shape index (κ2) is 4.74. The highest BCUT2D eigenvalue weighted by atomic mass is 35.5. The lowest BCUT2D eigenvalue weighted by molar-refractivity contribution is 0.369. The molecule has 21 heavy (non-hydrogen) atoms. The number of aromatic nitrogens is 3. The van der Waals surface area contributed by atoms with E-state index < -0.39 is 0 Å². The first-order chi connectivity index (χ1) is 9.88. The van der Waals surface area contributed by atoms with Gasteiger partial charge in [0.05, 0.1) is 16.4 Å². The van der Waals surface area contributed by atoms with Crippen molar-refractivity contribution in [2.75, 3.05) is 5.73 Å². The van der Waals surface area contributed by atoms with Crippen LogP contribution in [0, 0.1) is 0 Å². The van der Waals surface area contributed by atoms with Crippen LogP contribution in [0.25, 0.3) is 22.2 Å². The molecule has 5 heteroatoms. The third kappa shape index (κ3) is 2.36. The van der Waals surface area contributed by atoms with Crippen LogP contribution >= 0.6 is 11.6 Å². The summed E-state index contributed by atoms with van der Waals surface area (Å²) in [6.07, 6.45) is 1.72. The van der Waals surface area contributed by atoms with Gasteiger partial charge in [-0.1, -0.05) is 23.7 Å². The summed E-state index contributed by atoms with van der Waals surface area (Å²) in [5.74, 6) is 0.493. The van der Waals surface area contributed by atoms with Crippen LogP contribution in [0.4, 0.5) is 5.82 Å². The molecule has 0 spiro atoms. The quantitative estimate of drug-likeness (QED) is 0.736. The summed E-state index contributed by atoms with van der Waals surface area (Å²) >= 11 is 5.96. The lowest BCUT2D eigenvalue weighted by atomic mass is 10.1. The summed E-state index contributed by atoms with van der Waals surface area (Å²) in [4.78, 5) is 4.20. The molecule has 2 N–H and O–H groups in total. The molecular formula is C16H17ClN4. The van der Waals surface area contributed by atoms with E-state index in [0.717, 1.165) is 22.2 Å². The molecule has 0 unspecified atom stereocenters. The van der Waals surface area contributed by atoms with Crippen molar-refractivity contribution < 1.29 is 0 Å². The van der Waals surface area contributed by atoms with Gasteiger partial charge in [0, 0.05) is 16.8 Å². The van der Waals surface area contributed by atoms with Crippen LogP contribution in [0.2, 0.25) is 5.02 Å². The van der Waals surface area contributed by atoms with Gasteiger partial charge in [-0.2, -0.15) is 5.10 Å². The molecule has 3 aromatic rings. The first-order valence-electron chi connectivity index (χ1n) is 6.77. The molecule has 0 saturated heterocycles. The fourth-order valence-electron chi connectivity index (χ4n) is 2.41. The minimum absolute atomic E-state index is 0.142. The molecule has 0 amide bonds. The molecule has 2 aromatic heterocycles. The van der Waals surface area contributed by atoms with E-state index in [9.17, 15) is 0 Å². The zero-order chi connectivity index (χ0) is 15.2. The number of nitrogen functional groups attached to an aromatic ring is 1. The van der Waals surface area contributed by atoms with Gasteiger partial charge in [-0.25, -0.2) is 4.98 Å². The van der Waals surface area contributed by atoms with E-state index in [1.807, 2.05) is 35.0 Å². The molecule has 4 nitrogen and oxygen atoms in total. The summed E-state index contributed by atoms with van der Waals surface area (Å²) < 4.78 is 1.99. The fourth-order valence-corrected chi connectivity index (χ4v) is 2.54. The molecule has 1 aromatic carbocycles. The largest absolute Gasteiger partial charge is 0.383 e. The normalized spacial score (nSPS) is 12.0. The minimum Gasteiger partial charge on any atom is -0.383 e. The molecular weight excluding hydrogens is 284 g/mol. The maximum atomic E-state index is 6.09. The van der Waals surface area contributed by atoms with Crippen molar-refractivity contribution in [2.24, 2.45) is 0 Å². The monoisotopic (exact) mass is 300 g/mol. The second-order valence-corrected chi connectivity index (χ2v) is 6.46. The molecule has 108 valence electrons. The first kappa shape index (κ1) is 13.9. The Morgan fingerprint density at radius 1 is 1.10 bits per heavy atom. The topological polar surface area (TPSA) is 56.7 Å². The molecule has 0 saturated carbocycles. The number of hydrogen-bond acceptors (Lipinski definition) is 3. The van der Waals surface area contributed by atoms with Crippen LogP contribution in [0.15, 0.2) is 36.5 Å². The highest BCUT2D eigenvalue weighted by Gasteiger charge is 2.22. The summed E-state index contributed by atoms with van der Waals surface area (Å²) in [7, 11) is 0. The second-order valence-electron chi connectivity index (χ2n) is 6.03. The van der Waals surface area contributed by atoms with Crippen molar-refractivity contribution in [1.29, 1.82) is 0 Å². The number of rotatable bonds is 1. The summed E-state index contributed by atoms with van der Waals surface area (Å²) in [5.41, 5.74) is 8.75. The number of benzene rings is 1. The van der Waals surface area contributed by atoms with Crippen molar-refractivity contribution >= 4 is 28.3 Å². The van der Waals surface area contributed by atoms with Crippen LogP contribution in [0.3, 0.4) is 0 Å². The minimum atomic E-state index is -0.142. The molecule has 3 rings (SSSR count). The average Bonchev–Trinajstić information content (AvgIpc) is 2.80. The van der Waals surface area contributed by atoms with Gasteiger partial charge in [-0.15, -0.1) is 0 Å². The molecule has 0 aliphatic carbocycles. The number of fused-ring (bicyclic) bond motifs is 1. The molecule has 2 heterocycles. The van der Waals surface area contributed by atoms with Crippen LogP contribution in [0.5, 0.6) is 0 Å². The zero-order valence-electron chi connectivity index (χ0n) is 12.3. The number of halogens is 1. The maximum absolute atomic E-state index is 6.09. The Morgan fingerprint density at radius 2 is 1.76 bits per heavy atom. The van der Waals surface area contributed by atoms with Crippen molar-refractivity contribution in [1.82, 2.24) is 14.8 Å². The van der Waals surface area contributed by atoms with E-state index in [2.05, 4.69) is 25.8 Å². The van der Waals surface area contributed by atoms with Gasteiger partial charge >= 0.3 is 0 Å². The van der Waals surface area contributed by atoms with Gasteiger partial charge in [0.2, 0.25) is 0 Å². The summed E-state index contributed by atoms with van der Waals surface area (Å²) in [5, 5.41) is 6.36. The Bertz CT molecular complexity index is 797. The van der Waals surface area contributed by atoms with Crippen LogP contribution in [0.1, 0.15) is 20.8 Å². The van der Waals surface area contributed by atoms with E-state index in [4.69, 9.17) is 22.4 Å². The predicted molar refractivity (Wildman–Crippen MR) is 87.4 cm³/mol. The number of anilines is 1. The molecule has 0 aliphatic heterocycles. The highest BCUT2D eigenvalue weighted by molar-refractivity contribution is 6.30. The molecule has 0 atom stereocenters. The zero-order valence-corrected chi connectivity index (χ0v) is 13.0. The van der Waals surface area contributed by atoms with Gasteiger partial charge in [-0.05, 0) is 39.0 Å². The Kier molecular flexibility index (Phi) is 3.14. The molecule has 0 radical (unpaired) electrons. The lowest BCUT2D eigenvalue weighted by Crippen LogP contribution is -2.22. The van der Waals surface area contributed by atoms with Crippen LogP contribution in [-0.4, -0.2) is 14.8 Å². The Balaban J connectivity index is 2.35. The van der Waals surface area contributed by atoms with Gasteiger partial charge in [-0.3, -0.25) is 4.68 Å². The number of nitrogens with two attached hydrogens (primary N) is 1. The lowest BCUT2D eigenvalue weighted by Gasteiger charge is -2.20. The smallest absolute Gasteiger partial charge is 0.135 e. The Morgan fingerprint density at radius 3 is 2.38 bits per heavy atom. The number of hydrogen-bond donors (Lipinski definition) is 1. The third-order valence-electron chi connectivity index (χ3n) is 3.38. The van der Waals surface area contributed by atoms with E-state index in [1.54, 1.807) is 6.20 Å². The van der Waals surface area contributed by atoms with Crippen molar-refractivity contribution in [3.8, 4) is 11.3 Å². The fraction of sp³-hybridized carbons (Fsp3) is 0.250. The van der Waals surface area contributed by atoms with Crippen molar-refractivity contribution in [3.63, 3.8) is 0 Å². The Hall–Kier alpha value is -2.07. The summed E-state index contributed by atoms with van der Waals surface area (Å²) in [6.45, 7) is 6.34. The van der Waals surface area contributed by atoms with Crippen molar-refractivity contribution in [2.45, 2.75) is 26.3 Å². The predicted octanol–water partition coefficient (Wildman–Crippen LogP) is 4.09. The van der Waals surface area contributed by atoms with Gasteiger partial charge in [0.15, 0.2) is 0 Å². The molecule has 0 fully saturated rings. The van der Waals surface area contributed by atoms with Gasteiger partial charge in [0.1, 0.15) is 11.5 Å². The number of nitrogens with zero attached hydrogens (tertiary/aromatic N) is 3. The number of pyridine rings is 1. The molecule has 0 bridgehead atoms.